The molecule has 1 N–H and O–H groups in total. The first kappa shape index (κ1) is 10.3. The zero-order valence-electron chi connectivity index (χ0n) is 7.93. The quantitative estimate of drug-likeness (QED) is 0.742. The average molecular weight is 192 g/mol. The van der Waals surface area contributed by atoms with Crippen LogP contribution in [0.4, 0.5) is 0 Å². The van der Waals surface area contributed by atoms with Gasteiger partial charge in [0.15, 0.2) is 0 Å². The molecular weight excluding hydrogens is 180 g/mol. The minimum atomic E-state index is 0.161. The molecule has 0 unspecified atom stereocenters. The number of rotatable bonds is 4. The SMILES string of the molecule is COc1cc(O)ccc1C=CCC=O. The lowest BCUT2D eigenvalue weighted by Crippen LogP contribution is -1.86. The van der Waals surface area contributed by atoms with Gasteiger partial charge in [-0.05, 0) is 12.1 Å². The summed E-state index contributed by atoms with van der Waals surface area (Å²) in [5, 5.41) is 9.18. The maximum atomic E-state index is 10.1. The Kier molecular flexibility index (Phi) is 3.73. The fourth-order valence-electron chi connectivity index (χ4n) is 1.09. The molecule has 0 atom stereocenters. The molecule has 0 amide bonds. The number of phenolic OH excluding ortho intramolecular Hbond substituents is 1. The van der Waals surface area contributed by atoms with Gasteiger partial charge in [-0.2, -0.15) is 0 Å². The molecule has 1 aromatic carbocycles. The minimum Gasteiger partial charge on any atom is -0.508 e. The monoisotopic (exact) mass is 192 g/mol. The zero-order chi connectivity index (χ0) is 10.4. The number of aromatic hydroxyl groups is 1. The second kappa shape index (κ2) is 5.07. The lowest BCUT2D eigenvalue weighted by Gasteiger charge is -2.04. The van der Waals surface area contributed by atoms with Crippen LogP contribution in [0.3, 0.4) is 0 Å². The minimum absolute atomic E-state index is 0.161. The van der Waals surface area contributed by atoms with Crippen LogP contribution in [0.15, 0.2) is 24.3 Å². The molecule has 3 nitrogen and oxygen atoms in total. The first-order valence-electron chi connectivity index (χ1n) is 4.25. The molecule has 0 aromatic heterocycles. The second-order valence-corrected chi connectivity index (χ2v) is 2.73. The van der Waals surface area contributed by atoms with E-state index in [1.165, 1.54) is 13.2 Å². The number of hydrogen-bond donors (Lipinski definition) is 1. The smallest absolute Gasteiger partial charge is 0.129 e. The highest BCUT2D eigenvalue weighted by atomic mass is 16.5. The maximum Gasteiger partial charge on any atom is 0.129 e. The fourth-order valence-corrected chi connectivity index (χ4v) is 1.09. The third-order valence-corrected chi connectivity index (χ3v) is 1.75. The number of carbonyl (C=O) groups excluding carboxylic acids is 1. The summed E-state index contributed by atoms with van der Waals surface area (Å²) in [6.07, 6.45) is 4.72. The number of benzene rings is 1. The van der Waals surface area contributed by atoms with Gasteiger partial charge in [0, 0.05) is 18.1 Å². The molecule has 0 bridgehead atoms. The van der Waals surface area contributed by atoms with Gasteiger partial charge in [0.05, 0.1) is 7.11 Å². The summed E-state index contributed by atoms with van der Waals surface area (Å²) in [5.74, 6) is 0.751. The summed E-state index contributed by atoms with van der Waals surface area (Å²) in [5.41, 5.74) is 0.840. The molecule has 0 spiro atoms. The Labute approximate surface area is 82.6 Å². The van der Waals surface area contributed by atoms with Gasteiger partial charge in [0.1, 0.15) is 17.8 Å². The van der Waals surface area contributed by atoms with Crippen molar-refractivity contribution in [3.8, 4) is 11.5 Å². The largest absolute Gasteiger partial charge is 0.508 e. The van der Waals surface area contributed by atoms with Crippen molar-refractivity contribution in [2.75, 3.05) is 7.11 Å². The number of allylic oxidation sites excluding steroid dienone is 1. The predicted octanol–water partition coefficient (Wildman–Crippen LogP) is 2.00. The Morgan fingerprint density at radius 2 is 2.29 bits per heavy atom. The first-order valence-corrected chi connectivity index (χ1v) is 4.25. The predicted molar refractivity (Wildman–Crippen MR) is 54.4 cm³/mol. The molecule has 0 saturated carbocycles. The molecule has 1 aromatic rings. The van der Waals surface area contributed by atoms with Crippen molar-refractivity contribution >= 4 is 12.4 Å². The number of ether oxygens (including phenoxy) is 1. The van der Waals surface area contributed by atoms with Crippen molar-refractivity contribution < 1.29 is 14.6 Å². The number of methoxy groups -OCH3 is 1. The van der Waals surface area contributed by atoms with E-state index in [0.717, 1.165) is 11.8 Å². The maximum absolute atomic E-state index is 10.1. The summed E-state index contributed by atoms with van der Waals surface area (Å²) in [6, 6.07) is 4.83. The van der Waals surface area contributed by atoms with Crippen molar-refractivity contribution in [1.82, 2.24) is 0 Å². The number of carbonyl (C=O) groups is 1. The van der Waals surface area contributed by atoms with Crippen LogP contribution in [0.1, 0.15) is 12.0 Å². The molecule has 0 radical (unpaired) electrons. The van der Waals surface area contributed by atoms with Crippen LogP contribution in [-0.4, -0.2) is 18.5 Å². The van der Waals surface area contributed by atoms with Crippen molar-refractivity contribution in [2.45, 2.75) is 6.42 Å². The van der Waals surface area contributed by atoms with Crippen LogP contribution >= 0.6 is 0 Å². The Morgan fingerprint density at radius 3 is 2.93 bits per heavy atom. The standard InChI is InChI=1S/C11H12O3/c1-14-11-8-10(13)6-5-9(11)4-2-3-7-12/h2,4-8,13H,3H2,1H3. The second-order valence-electron chi connectivity index (χ2n) is 2.73. The molecule has 0 saturated heterocycles. The lowest BCUT2D eigenvalue weighted by molar-refractivity contribution is -0.107. The van der Waals surface area contributed by atoms with Crippen molar-refractivity contribution in [3.05, 3.63) is 29.8 Å². The van der Waals surface area contributed by atoms with Gasteiger partial charge >= 0.3 is 0 Å². The van der Waals surface area contributed by atoms with E-state index in [1.54, 1.807) is 24.3 Å². The average Bonchev–Trinajstić information content (AvgIpc) is 2.20. The summed E-state index contributed by atoms with van der Waals surface area (Å²) in [7, 11) is 1.53. The van der Waals surface area contributed by atoms with Gasteiger partial charge < -0.3 is 14.6 Å². The van der Waals surface area contributed by atoms with Gasteiger partial charge in [-0.1, -0.05) is 12.2 Å². The number of aldehydes is 1. The first-order chi connectivity index (χ1) is 6.77. The van der Waals surface area contributed by atoms with E-state index < -0.39 is 0 Å². The topological polar surface area (TPSA) is 46.5 Å². The third kappa shape index (κ3) is 2.62. The lowest BCUT2D eigenvalue weighted by atomic mass is 10.1. The van der Waals surface area contributed by atoms with E-state index >= 15 is 0 Å². The highest BCUT2D eigenvalue weighted by molar-refractivity contribution is 5.62. The molecule has 14 heavy (non-hydrogen) atoms. The van der Waals surface area contributed by atoms with Gasteiger partial charge in [0.25, 0.3) is 0 Å². The van der Waals surface area contributed by atoms with E-state index in [-0.39, 0.29) is 5.75 Å². The fraction of sp³-hybridized carbons (Fsp3) is 0.182. The van der Waals surface area contributed by atoms with E-state index in [9.17, 15) is 9.90 Å². The molecule has 0 aliphatic rings. The molecule has 3 heteroatoms. The van der Waals surface area contributed by atoms with Crippen LogP contribution in [0.25, 0.3) is 6.08 Å². The molecular formula is C11H12O3. The molecule has 1 rings (SSSR count). The Hall–Kier alpha value is -1.77. The van der Waals surface area contributed by atoms with Crippen molar-refractivity contribution in [3.63, 3.8) is 0 Å². The normalized spacial score (nSPS) is 10.4. The van der Waals surface area contributed by atoms with Crippen LogP contribution in [0, 0.1) is 0 Å². The van der Waals surface area contributed by atoms with Crippen LogP contribution in [0.2, 0.25) is 0 Å². The van der Waals surface area contributed by atoms with Crippen LogP contribution in [0.5, 0.6) is 11.5 Å². The Morgan fingerprint density at radius 1 is 1.50 bits per heavy atom. The van der Waals surface area contributed by atoms with Crippen LogP contribution < -0.4 is 4.74 Å². The summed E-state index contributed by atoms with van der Waals surface area (Å²) < 4.78 is 5.06. The van der Waals surface area contributed by atoms with E-state index in [2.05, 4.69) is 0 Å². The van der Waals surface area contributed by atoms with Gasteiger partial charge in [-0.15, -0.1) is 0 Å². The van der Waals surface area contributed by atoms with E-state index in [4.69, 9.17) is 4.74 Å². The highest BCUT2D eigenvalue weighted by Gasteiger charge is 1.99. The molecule has 0 aliphatic heterocycles. The molecule has 0 heterocycles. The molecule has 0 fully saturated rings. The number of hydrogen-bond acceptors (Lipinski definition) is 3. The van der Waals surface area contributed by atoms with Crippen LogP contribution in [-0.2, 0) is 4.79 Å². The zero-order valence-corrected chi connectivity index (χ0v) is 7.93. The summed E-state index contributed by atoms with van der Waals surface area (Å²) >= 11 is 0. The van der Waals surface area contributed by atoms with Gasteiger partial charge in [-0.25, -0.2) is 0 Å². The van der Waals surface area contributed by atoms with E-state index in [1.807, 2.05) is 0 Å². The molecule has 74 valence electrons. The van der Waals surface area contributed by atoms with Crippen molar-refractivity contribution in [2.24, 2.45) is 0 Å². The molecule has 0 aliphatic carbocycles. The van der Waals surface area contributed by atoms with Gasteiger partial charge in [-0.3, -0.25) is 0 Å². The Balaban J connectivity index is 2.90. The Bertz CT molecular complexity index is 342. The highest BCUT2D eigenvalue weighted by Crippen LogP contribution is 2.24. The summed E-state index contributed by atoms with van der Waals surface area (Å²) in [4.78, 5) is 10.1. The summed E-state index contributed by atoms with van der Waals surface area (Å²) in [6.45, 7) is 0. The van der Waals surface area contributed by atoms with E-state index in [0.29, 0.717) is 12.2 Å². The number of phenols is 1. The van der Waals surface area contributed by atoms with Gasteiger partial charge in [0.2, 0.25) is 0 Å². The van der Waals surface area contributed by atoms with Crippen molar-refractivity contribution in [1.29, 1.82) is 0 Å². The third-order valence-electron chi connectivity index (χ3n) is 1.75.